The van der Waals surface area contributed by atoms with Crippen molar-refractivity contribution >= 4 is 23.5 Å². The van der Waals surface area contributed by atoms with Crippen LogP contribution in [0.4, 0.5) is 10.5 Å². The smallest absolute Gasteiger partial charge is 0.325 e. The Balaban J connectivity index is 1.69. The minimum absolute atomic E-state index is 0.285. The normalized spacial score (nSPS) is 18.3. The van der Waals surface area contributed by atoms with Crippen LogP contribution in [-0.2, 0) is 21.5 Å². The molecule has 3 rings (SSSR count). The average Bonchev–Trinajstić information content (AvgIpc) is 2.93. The summed E-state index contributed by atoms with van der Waals surface area (Å²) in [5.74, 6) is -0.592. The van der Waals surface area contributed by atoms with E-state index in [9.17, 15) is 14.4 Å². The largest absolute Gasteiger partial charge is 0.325 e. The second-order valence-electron chi connectivity index (χ2n) is 7.80. The molecule has 2 N–H and O–H groups in total. The Labute approximate surface area is 175 Å². The van der Waals surface area contributed by atoms with Gasteiger partial charge >= 0.3 is 6.03 Å². The maximum atomic E-state index is 13.0. The fourth-order valence-corrected chi connectivity index (χ4v) is 3.38. The number of nitrogens with one attached hydrogen (secondary N) is 2. The molecule has 7 nitrogen and oxygen atoms in total. The van der Waals surface area contributed by atoms with Crippen LogP contribution in [0.1, 0.15) is 43.4 Å². The van der Waals surface area contributed by atoms with Gasteiger partial charge in [0, 0.05) is 5.69 Å². The summed E-state index contributed by atoms with van der Waals surface area (Å²) in [6.45, 7) is 5.42. The van der Waals surface area contributed by atoms with Gasteiger partial charge in [0.25, 0.3) is 5.91 Å². The molecule has 154 valence electrons. The van der Waals surface area contributed by atoms with Crippen LogP contribution >= 0.6 is 0 Å². The Kier molecular flexibility index (Phi) is 5.88. The molecule has 0 saturated carbocycles. The van der Waals surface area contributed by atoms with Gasteiger partial charge in [-0.1, -0.05) is 50.2 Å². The van der Waals surface area contributed by atoms with E-state index >= 15 is 0 Å². The maximum absolute atomic E-state index is 13.0. The number of amides is 4. The van der Waals surface area contributed by atoms with Gasteiger partial charge in [0.15, 0.2) is 0 Å². The van der Waals surface area contributed by atoms with Gasteiger partial charge in [-0.15, -0.1) is 0 Å². The predicted octanol–water partition coefficient (Wildman–Crippen LogP) is 3.28. The molecule has 0 aliphatic carbocycles. The predicted molar refractivity (Wildman–Crippen MR) is 113 cm³/mol. The Bertz CT molecular complexity index is 1010. The summed E-state index contributed by atoms with van der Waals surface area (Å²) in [5.41, 5.74) is 1.95. The van der Waals surface area contributed by atoms with E-state index < -0.39 is 23.4 Å². The number of benzene rings is 2. The molecule has 0 radical (unpaired) electrons. The van der Waals surface area contributed by atoms with Crippen molar-refractivity contribution in [3.63, 3.8) is 0 Å². The van der Waals surface area contributed by atoms with E-state index in [1.54, 1.807) is 31.2 Å². The summed E-state index contributed by atoms with van der Waals surface area (Å²) >= 11 is 0. The lowest BCUT2D eigenvalue weighted by Gasteiger charge is -2.22. The lowest BCUT2D eigenvalue weighted by molar-refractivity contribution is -0.133. The van der Waals surface area contributed by atoms with E-state index in [1.165, 1.54) is 0 Å². The first-order valence-corrected chi connectivity index (χ1v) is 9.75. The van der Waals surface area contributed by atoms with Crippen LogP contribution in [-0.4, -0.2) is 29.3 Å². The Hall–Kier alpha value is -3.66. The Morgan fingerprint density at radius 2 is 1.77 bits per heavy atom. The number of hydrogen-bond acceptors (Lipinski definition) is 4. The highest BCUT2D eigenvalue weighted by Crippen LogP contribution is 2.30. The quantitative estimate of drug-likeness (QED) is 0.721. The number of carbonyl (C=O) groups excluding carboxylic acids is 3. The van der Waals surface area contributed by atoms with Gasteiger partial charge in [0.05, 0.1) is 12.5 Å². The van der Waals surface area contributed by atoms with E-state index in [2.05, 4.69) is 30.6 Å². The third kappa shape index (κ3) is 4.18. The molecule has 1 heterocycles. The lowest BCUT2D eigenvalue weighted by atomic mass is 9.90. The highest BCUT2D eigenvalue weighted by Gasteiger charge is 2.49. The van der Waals surface area contributed by atoms with E-state index in [4.69, 9.17) is 5.26 Å². The summed E-state index contributed by atoms with van der Waals surface area (Å²) < 4.78 is 0. The summed E-state index contributed by atoms with van der Waals surface area (Å²) in [7, 11) is 0. The number of nitriles is 1. The minimum Gasteiger partial charge on any atom is -0.325 e. The van der Waals surface area contributed by atoms with Crippen LogP contribution in [0.3, 0.4) is 0 Å². The topological polar surface area (TPSA) is 102 Å². The molecule has 1 fully saturated rings. The highest BCUT2D eigenvalue weighted by molar-refractivity contribution is 6.10. The number of rotatable bonds is 6. The third-order valence-corrected chi connectivity index (χ3v) is 5.25. The molecule has 30 heavy (non-hydrogen) atoms. The fraction of sp³-hybridized carbons (Fsp3) is 0.304. The molecular formula is C23H24N4O3. The molecule has 2 aromatic carbocycles. The Morgan fingerprint density at radius 3 is 2.33 bits per heavy atom. The first-order valence-electron chi connectivity index (χ1n) is 9.75. The number of carbonyl (C=O) groups is 3. The van der Waals surface area contributed by atoms with Crippen LogP contribution in [0.25, 0.3) is 0 Å². The van der Waals surface area contributed by atoms with Crippen molar-refractivity contribution in [3.05, 3.63) is 65.2 Å². The minimum atomic E-state index is -1.22. The number of nitrogens with zero attached hydrogens (tertiary/aromatic N) is 2. The van der Waals surface area contributed by atoms with Crippen LogP contribution in [0, 0.1) is 11.3 Å². The molecule has 4 amide bonds. The molecule has 1 saturated heterocycles. The molecule has 2 aromatic rings. The zero-order valence-corrected chi connectivity index (χ0v) is 17.2. The number of imide groups is 1. The van der Waals surface area contributed by atoms with Crippen LogP contribution in [0.15, 0.2) is 48.5 Å². The van der Waals surface area contributed by atoms with Gasteiger partial charge in [0.1, 0.15) is 12.1 Å². The van der Waals surface area contributed by atoms with Crippen molar-refractivity contribution in [2.75, 3.05) is 11.9 Å². The number of hydrogen-bond donors (Lipinski definition) is 2. The number of anilines is 1. The van der Waals surface area contributed by atoms with Crippen molar-refractivity contribution < 1.29 is 14.4 Å². The lowest BCUT2D eigenvalue weighted by Crippen LogP contribution is -2.42. The summed E-state index contributed by atoms with van der Waals surface area (Å²) in [5, 5.41) is 14.1. The van der Waals surface area contributed by atoms with Crippen LogP contribution < -0.4 is 10.6 Å². The second-order valence-corrected chi connectivity index (χ2v) is 7.80. The second kappa shape index (κ2) is 8.37. The van der Waals surface area contributed by atoms with Gasteiger partial charge in [-0.3, -0.25) is 14.5 Å². The SMILES string of the molecule is CC(C)c1ccc([C@]2(C)NC(=O)N(CC(=O)Nc3ccc(CC#N)cc3)C2=O)cc1. The first kappa shape index (κ1) is 21.1. The number of urea groups is 1. The molecule has 0 spiro atoms. The van der Waals surface area contributed by atoms with Gasteiger partial charge in [-0.05, 0) is 41.7 Å². The summed E-state index contributed by atoms with van der Waals surface area (Å²) in [6, 6.07) is 15.8. The fourth-order valence-electron chi connectivity index (χ4n) is 3.38. The van der Waals surface area contributed by atoms with Crippen molar-refractivity contribution in [3.8, 4) is 6.07 Å². The zero-order chi connectivity index (χ0) is 21.9. The van der Waals surface area contributed by atoms with Crippen LogP contribution in [0.5, 0.6) is 0 Å². The van der Waals surface area contributed by atoms with Gasteiger partial charge in [-0.25, -0.2) is 4.79 Å². The van der Waals surface area contributed by atoms with Crippen molar-refractivity contribution in [2.45, 2.75) is 38.6 Å². The first-order chi connectivity index (χ1) is 14.2. The van der Waals surface area contributed by atoms with Gasteiger partial charge < -0.3 is 10.6 Å². The van der Waals surface area contributed by atoms with Gasteiger partial charge in [-0.2, -0.15) is 5.26 Å². The zero-order valence-electron chi connectivity index (χ0n) is 17.2. The van der Waals surface area contributed by atoms with E-state index in [-0.39, 0.29) is 13.0 Å². The molecule has 0 unspecified atom stereocenters. The van der Waals surface area contributed by atoms with E-state index in [1.807, 2.05) is 24.3 Å². The molecule has 1 atom stereocenters. The molecule has 1 aliphatic rings. The van der Waals surface area contributed by atoms with Crippen molar-refractivity contribution in [2.24, 2.45) is 0 Å². The summed E-state index contributed by atoms with van der Waals surface area (Å²) in [4.78, 5) is 38.8. The highest BCUT2D eigenvalue weighted by atomic mass is 16.2. The van der Waals surface area contributed by atoms with Crippen molar-refractivity contribution in [1.82, 2.24) is 10.2 Å². The third-order valence-electron chi connectivity index (χ3n) is 5.25. The Morgan fingerprint density at radius 1 is 1.13 bits per heavy atom. The van der Waals surface area contributed by atoms with E-state index in [0.717, 1.165) is 16.0 Å². The monoisotopic (exact) mass is 404 g/mol. The molecular weight excluding hydrogens is 380 g/mol. The molecule has 7 heteroatoms. The van der Waals surface area contributed by atoms with Crippen LogP contribution in [0.2, 0.25) is 0 Å². The molecule has 0 bridgehead atoms. The summed E-state index contributed by atoms with van der Waals surface area (Å²) in [6.07, 6.45) is 0.285. The molecule has 0 aromatic heterocycles. The van der Waals surface area contributed by atoms with Gasteiger partial charge in [0.2, 0.25) is 5.91 Å². The average molecular weight is 404 g/mol. The standard InChI is InChI=1S/C23H24N4O3/c1-15(2)17-6-8-18(9-7-17)23(3)21(29)27(22(30)26-23)14-20(28)25-19-10-4-16(5-11-19)12-13-24/h4-11,15H,12,14H2,1-3H3,(H,25,28)(H,26,30)/t23-/m0/s1. The van der Waals surface area contributed by atoms with E-state index in [0.29, 0.717) is 17.2 Å². The maximum Gasteiger partial charge on any atom is 0.325 e. The van der Waals surface area contributed by atoms with Crippen molar-refractivity contribution in [1.29, 1.82) is 5.26 Å². The molecule has 1 aliphatic heterocycles.